The predicted octanol–water partition coefficient (Wildman–Crippen LogP) is 1.50. The highest BCUT2D eigenvalue weighted by Crippen LogP contribution is 2.15. The Morgan fingerprint density at radius 2 is 2.33 bits per heavy atom. The molecule has 3 heterocycles. The molecule has 1 aliphatic rings. The summed E-state index contributed by atoms with van der Waals surface area (Å²) in [7, 11) is 0. The normalized spacial score (nSPS) is 18.3. The second-order valence-electron chi connectivity index (χ2n) is 5.61. The highest BCUT2D eigenvalue weighted by atomic mass is 16.5. The first-order chi connectivity index (χ1) is 10.1. The smallest absolute Gasteiger partial charge is 0.270 e. The minimum Gasteiger partial charge on any atom is -0.381 e. The molecule has 2 aromatic rings. The summed E-state index contributed by atoms with van der Waals surface area (Å²) in [5.74, 6) is 0.443. The summed E-state index contributed by atoms with van der Waals surface area (Å²) in [5, 5.41) is 7.27. The third-order valence-electron chi connectivity index (χ3n) is 3.82. The summed E-state index contributed by atoms with van der Waals surface area (Å²) in [6, 6.07) is 3.65. The molecule has 1 atom stereocenters. The van der Waals surface area contributed by atoms with Crippen molar-refractivity contribution in [2.45, 2.75) is 26.7 Å². The van der Waals surface area contributed by atoms with Crippen molar-refractivity contribution in [2.75, 3.05) is 19.8 Å². The van der Waals surface area contributed by atoms with Crippen LogP contribution in [0.25, 0.3) is 5.65 Å². The maximum atomic E-state index is 12.2. The number of ether oxygens (including phenoxy) is 1. The lowest BCUT2D eigenvalue weighted by Crippen LogP contribution is -2.27. The van der Waals surface area contributed by atoms with Crippen molar-refractivity contribution in [3.8, 4) is 0 Å². The molecule has 0 spiro atoms. The molecule has 0 unspecified atom stereocenters. The van der Waals surface area contributed by atoms with Crippen LogP contribution < -0.4 is 5.32 Å². The van der Waals surface area contributed by atoms with E-state index >= 15 is 0 Å². The summed E-state index contributed by atoms with van der Waals surface area (Å²) >= 11 is 0. The van der Waals surface area contributed by atoms with Crippen LogP contribution >= 0.6 is 0 Å². The van der Waals surface area contributed by atoms with Crippen LogP contribution in [0.3, 0.4) is 0 Å². The fourth-order valence-electron chi connectivity index (χ4n) is 2.65. The summed E-state index contributed by atoms with van der Waals surface area (Å²) in [6.45, 7) is 6.16. The Bertz CT molecular complexity index is 659. The molecular weight excluding hydrogens is 268 g/mol. The zero-order valence-corrected chi connectivity index (χ0v) is 12.4. The molecule has 1 amide bonds. The lowest BCUT2D eigenvalue weighted by molar-refractivity contribution is 0.0945. The number of aromatic nitrogens is 3. The Morgan fingerprint density at radius 3 is 3.10 bits per heavy atom. The van der Waals surface area contributed by atoms with Crippen molar-refractivity contribution >= 4 is 11.6 Å². The lowest BCUT2D eigenvalue weighted by atomic mass is 10.1. The average Bonchev–Trinajstić information content (AvgIpc) is 3.07. The Morgan fingerprint density at radius 1 is 1.48 bits per heavy atom. The van der Waals surface area contributed by atoms with Crippen LogP contribution in [0.5, 0.6) is 0 Å². The molecule has 6 nitrogen and oxygen atoms in total. The quantitative estimate of drug-likeness (QED) is 0.925. The van der Waals surface area contributed by atoms with Gasteiger partial charge in [0.1, 0.15) is 5.69 Å². The molecule has 1 fully saturated rings. The molecule has 0 aromatic carbocycles. The minimum absolute atomic E-state index is 0.127. The van der Waals surface area contributed by atoms with Gasteiger partial charge >= 0.3 is 0 Å². The molecule has 6 heteroatoms. The monoisotopic (exact) mass is 288 g/mol. The van der Waals surface area contributed by atoms with E-state index in [0.717, 1.165) is 37.4 Å². The standard InChI is InChI=1S/C15H20N4O2/c1-10-7-14-17-13(8-11(2)19(14)18-10)15(20)16-5-3-12-4-6-21-9-12/h7-8,12H,3-6,9H2,1-2H3,(H,16,20)/t12-/m0/s1. The van der Waals surface area contributed by atoms with Crippen molar-refractivity contribution in [1.29, 1.82) is 0 Å². The molecule has 0 saturated carbocycles. The molecule has 1 N–H and O–H groups in total. The Labute approximate surface area is 123 Å². The number of aryl methyl sites for hydroxylation is 2. The average molecular weight is 288 g/mol. The number of hydrogen-bond donors (Lipinski definition) is 1. The fourth-order valence-corrected chi connectivity index (χ4v) is 2.65. The first-order valence-electron chi connectivity index (χ1n) is 7.33. The van der Waals surface area contributed by atoms with E-state index in [1.54, 1.807) is 10.6 Å². The fraction of sp³-hybridized carbons (Fsp3) is 0.533. The third-order valence-corrected chi connectivity index (χ3v) is 3.82. The minimum atomic E-state index is -0.127. The van der Waals surface area contributed by atoms with Gasteiger partial charge < -0.3 is 10.1 Å². The Balaban J connectivity index is 1.66. The number of nitrogens with one attached hydrogen (secondary N) is 1. The van der Waals surface area contributed by atoms with Crippen LogP contribution in [0.4, 0.5) is 0 Å². The van der Waals surface area contributed by atoms with Gasteiger partial charge in [-0.25, -0.2) is 9.50 Å². The van der Waals surface area contributed by atoms with Gasteiger partial charge in [0.05, 0.1) is 5.69 Å². The SMILES string of the molecule is Cc1cc2nc(C(=O)NCC[C@H]3CCOC3)cc(C)n2n1. The van der Waals surface area contributed by atoms with E-state index in [9.17, 15) is 4.79 Å². The Kier molecular flexibility index (Phi) is 3.88. The lowest BCUT2D eigenvalue weighted by Gasteiger charge is -2.09. The van der Waals surface area contributed by atoms with Crippen molar-refractivity contribution in [3.05, 3.63) is 29.2 Å². The molecule has 21 heavy (non-hydrogen) atoms. The van der Waals surface area contributed by atoms with Crippen molar-refractivity contribution < 1.29 is 9.53 Å². The van der Waals surface area contributed by atoms with Gasteiger partial charge in [-0.1, -0.05) is 0 Å². The number of rotatable bonds is 4. The molecule has 1 saturated heterocycles. The van der Waals surface area contributed by atoms with Crippen molar-refractivity contribution in [3.63, 3.8) is 0 Å². The van der Waals surface area contributed by atoms with E-state index in [0.29, 0.717) is 23.8 Å². The van der Waals surface area contributed by atoms with E-state index in [1.807, 2.05) is 19.9 Å². The summed E-state index contributed by atoms with van der Waals surface area (Å²) in [5.41, 5.74) is 2.95. The zero-order valence-electron chi connectivity index (χ0n) is 12.4. The van der Waals surface area contributed by atoms with Crippen LogP contribution in [0.15, 0.2) is 12.1 Å². The molecule has 3 rings (SSSR count). The topological polar surface area (TPSA) is 68.5 Å². The molecule has 0 radical (unpaired) electrons. The van der Waals surface area contributed by atoms with E-state index in [-0.39, 0.29) is 5.91 Å². The highest BCUT2D eigenvalue weighted by Gasteiger charge is 2.16. The van der Waals surface area contributed by atoms with Crippen molar-refractivity contribution in [1.82, 2.24) is 19.9 Å². The molecule has 1 aliphatic heterocycles. The summed E-state index contributed by atoms with van der Waals surface area (Å²) in [6.07, 6.45) is 2.05. The third kappa shape index (κ3) is 3.05. The number of carbonyl (C=O) groups is 1. The van der Waals surface area contributed by atoms with Gasteiger partial charge in [-0.2, -0.15) is 5.10 Å². The number of amides is 1. The first kappa shape index (κ1) is 14.0. The van der Waals surface area contributed by atoms with E-state index in [2.05, 4.69) is 15.4 Å². The van der Waals surface area contributed by atoms with Gasteiger partial charge in [0.25, 0.3) is 5.91 Å². The molecular formula is C15H20N4O2. The number of nitrogens with zero attached hydrogens (tertiary/aromatic N) is 3. The van der Waals surface area contributed by atoms with E-state index in [4.69, 9.17) is 4.74 Å². The molecule has 112 valence electrons. The number of carbonyl (C=O) groups excluding carboxylic acids is 1. The largest absolute Gasteiger partial charge is 0.381 e. The second-order valence-corrected chi connectivity index (χ2v) is 5.61. The van der Waals surface area contributed by atoms with Crippen LogP contribution in [0.1, 0.15) is 34.7 Å². The van der Waals surface area contributed by atoms with Gasteiger partial charge in [-0.05, 0) is 38.7 Å². The number of hydrogen-bond acceptors (Lipinski definition) is 4. The zero-order chi connectivity index (χ0) is 14.8. The Hall–Kier alpha value is -1.95. The van der Waals surface area contributed by atoms with Gasteiger partial charge in [0.15, 0.2) is 5.65 Å². The van der Waals surface area contributed by atoms with Gasteiger partial charge in [0.2, 0.25) is 0 Å². The summed E-state index contributed by atoms with van der Waals surface area (Å²) < 4.78 is 7.08. The maximum Gasteiger partial charge on any atom is 0.270 e. The van der Waals surface area contributed by atoms with Crippen LogP contribution in [-0.2, 0) is 4.74 Å². The molecule has 2 aromatic heterocycles. The first-order valence-corrected chi connectivity index (χ1v) is 7.33. The highest BCUT2D eigenvalue weighted by molar-refractivity contribution is 5.92. The molecule has 0 bridgehead atoms. The summed E-state index contributed by atoms with van der Waals surface area (Å²) in [4.78, 5) is 16.6. The van der Waals surface area contributed by atoms with Crippen molar-refractivity contribution in [2.24, 2.45) is 5.92 Å². The molecule has 0 aliphatic carbocycles. The van der Waals surface area contributed by atoms with E-state index in [1.165, 1.54) is 0 Å². The van der Waals surface area contributed by atoms with Gasteiger partial charge in [-0.3, -0.25) is 4.79 Å². The van der Waals surface area contributed by atoms with Crippen LogP contribution in [-0.4, -0.2) is 40.3 Å². The van der Waals surface area contributed by atoms with Crippen LogP contribution in [0, 0.1) is 19.8 Å². The number of fused-ring (bicyclic) bond motifs is 1. The predicted molar refractivity (Wildman–Crippen MR) is 78.3 cm³/mol. The van der Waals surface area contributed by atoms with Gasteiger partial charge in [-0.15, -0.1) is 0 Å². The van der Waals surface area contributed by atoms with E-state index < -0.39 is 0 Å². The maximum absolute atomic E-state index is 12.2. The van der Waals surface area contributed by atoms with Crippen LogP contribution in [0.2, 0.25) is 0 Å². The second kappa shape index (κ2) is 5.81. The van der Waals surface area contributed by atoms with Gasteiger partial charge in [0, 0.05) is 31.5 Å².